The van der Waals surface area contributed by atoms with Crippen LogP contribution in [0.15, 0.2) is 53.4 Å². The number of carbonyl (C=O) groups is 1. The third-order valence-corrected chi connectivity index (χ3v) is 7.17. The number of methoxy groups -OCH3 is 1. The van der Waals surface area contributed by atoms with Gasteiger partial charge < -0.3 is 9.64 Å². The molecule has 0 saturated carbocycles. The van der Waals surface area contributed by atoms with Gasteiger partial charge in [0.15, 0.2) is 9.84 Å². The smallest absolute Gasteiger partial charge is 0.226 e. The van der Waals surface area contributed by atoms with E-state index in [0.717, 1.165) is 5.56 Å². The molecule has 3 rings (SSSR count). The zero-order valence-corrected chi connectivity index (χ0v) is 15.9. The molecule has 1 fully saturated rings. The highest BCUT2D eigenvalue weighted by Gasteiger charge is 2.32. The lowest BCUT2D eigenvalue weighted by molar-refractivity contribution is -0.131. The number of sulfone groups is 1. The molecule has 1 saturated heterocycles. The van der Waals surface area contributed by atoms with E-state index in [-0.39, 0.29) is 23.0 Å². The highest BCUT2D eigenvalue weighted by molar-refractivity contribution is 7.92. The van der Waals surface area contributed by atoms with Crippen LogP contribution in [-0.2, 0) is 21.1 Å². The number of halogens is 1. The van der Waals surface area contributed by atoms with Crippen LogP contribution in [0.25, 0.3) is 0 Å². The Labute approximate surface area is 158 Å². The second kappa shape index (κ2) is 8.08. The average molecular weight is 391 g/mol. The van der Waals surface area contributed by atoms with Crippen molar-refractivity contribution in [2.45, 2.75) is 29.4 Å². The topological polar surface area (TPSA) is 63.7 Å². The van der Waals surface area contributed by atoms with Crippen LogP contribution >= 0.6 is 0 Å². The summed E-state index contributed by atoms with van der Waals surface area (Å²) in [4.78, 5) is 14.4. The van der Waals surface area contributed by atoms with Gasteiger partial charge in [0.1, 0.15) is 11.6 Å². The van der Waals surface area contributed by atoms with E-state index in [0.29, 0.717) is 31.7 Å². The lowest BCUT2D eigenvalue weighted by atomic mass is 10.1. The van der Waals surface area contributed by atoms with E-state index in [4.69, 9.17) is 4.74 Å². The van der Waals surface area contributed by atoms with Crippen molar-refractivity contribution in [3.8, 4) is 5.75 Å². The number of benzene rings is 2. The predicted molar refractivity (Wildman–Crippen MR) is 99.9 cm³/mol. The van der Waals surface area contributed by atoms with Gasteiger partial charge in [0.2, 0.25) is 5.91 Å². The van der Waals surface area contributed by atoms with Gasteiger partial charge in [-0.1, -0.05) is 12.1 Å². The van der Waals surface area contributed by atoms with Crippen LogP contribution in [0, 0.1) is 5.82 Å². The molecular weight excluding hydrogens is 369 g/mol. The second-order valence-electron chi connectivity index (χ2n) is 6.60. The van der Waals surface area contributed by atoms with Gasteiger partial charge in [-0.2, -0.15) is 0 Å². The molecule has 0 aliphatic carbocycles. The summed E-state index contributed by atoms with van der Waals surface area (Å²) < 4.78 is 43.6. The van der Waals surface area contributed by atoms with Crippen molar-refractivity contribution in [1.29, 1.82) is 0 Å². The lowest BCUT2D eigenvalue weighted by Crippen LogP contribution is -2.43. The van der Waals surface area contributed by atoms with Crippen LogP contribution in [-0.4, -0.2) is 44.7 Å². The maximum absolute atomic E-state index is 13.0. The van der Waals surface area contributed by atoms with E-state index in [9.17, 15) is 17.6 Å². The van der Waals surface area contributed by atoms with Crippen molar-refractivity contribution in [2.75, 3.05) is 20.2 Å². The largest absolute Gasteiger partial charge is 0.497 e. The third kappa shape index (κ3) is 4.47. The van der Waals surface area contributed by atoms with E-state index < -0.39 is 15.1 Å². The normalized spacial score (nSPS) is 15.6. The number of amides is 1. The van der Waals surface area contributed by atoms with Crippen LogP contribution < -0.4 is 4.74 Å². The standard InChI is InChI=1S/C20H22FNO4S/c1-26-17-6-8-18(9-7-17)27(24,25)19-10-12-22(13-11-19)20(23)14-15-2-4-16(21)5-3-15/h2-9,19H,10-14H2,1H3. The van der Waals surface area contributed by atoms with Gasteiger partial charge in [-0.3, -0.25) is 4.79 Å². The number of hydrogen-bond donors (Lipinski definition) is 0. The number of hydrogen-bond acceptors (Lipinski definition) is 4. The Hall–Kier alpha value is -2.41. The molecule has 7 heteroatoms. The number of piperidine rings is 1. The number of rotatable bonds is 5. The number of nitrogens with zero attached hydrogens (tertiary/aromatic N) is 1. The van der Waals surface area contributed by atoms with E-state index in [2.05, 4.69) is 0 Å². The van der Waals surface area contributed by atoms with Gasteiger partial charge in [-0.05, 0) is 54.8 Å². The van der Waals surface area contributed by atoms with Crippen LogP contribution in [0.1, 0.15) is 18.4 Å². The quantitative estimate of drug-likeness (QED) is 0.786. The predicted octanol–water partition coefficient (Wildman–Crippen LogP) is 2.84. The SMILES string of the molecule is COc1ccc(S(=O)(=O)C2CCN(C(=O)Cc3ccc(F)cc3)CC2)cc1. The molecule has 1 aliphatic rings. The van der Waals surface area contributed by atoms with Crippen molar-refractivity contribution in [3.05, 3.63) is 59.9 Å². The van der Waals surface area contributed by atoms with Crippen LogP contribution in [0.2, 0.25) is 0 Å². The Morgan fingerprint density at radius 2 is 1.67 bits per heavy atom. The van der Waals surface area contributed by atoms with Gasteiger partial charge in [-0.15, -0.1) is 0 Å². The third-order valence-electron chi connectivity index (χ3n) is 4.89. The first-order valence-corrected chi connectivity index (χ1v) is 10.3. The molecule has 144 valence electrons. The summed E-state index contributed by atoms with van der Waals surface area (Å²) in [7, 11) is -1.91. The highest BCUT2D eigenvalue weighted by atomic mass is 32.2. The van der Waals surface area contributed by atoms with E-state index in [1.165, 1.54) is 19.2 Å². The van der Waals surface area contributed by atoms with Crippen LogP contribution in [0.5, 0.6) is 5.75 Å². The van der Waals surface area contributed by atoms with Crippen LogP contribution in [0.3, 0.4) is 0 Å². The summed E-state index contributed by atoms with van der Waals surface area (Å²) in [5, 5.41) is -0.499. The first kappa shape index (κ1) is 19.4. The fourth-order valence-electron chi connectivity index (χ4n) is 3.26. The van der Waals surface area contributed by atoms with Crippen molar-refractivity contribution in [3.63, 3.8) is 0 Å². The second-order valence-corrected chi connectivity index (χ2v) is 8.83. The molecule has 0 radical (unpaired) electrons. The lowest BCUT2D eigenvalue weighted by Gasteiger charge is -2.32. The summed E-state index contributed by atoms with van der Waals surface area (Å²) in [6, 6.07) is 12.2. The van der Waals surface area contributed by atoms with Gasteiger partial charge in [-0.25, -0.2) is 12.8 Å². The molecule has 2 aromatic rings. The molecule has 1 amide bonds. The Kier molecular flexibility index (Phi) is 5.79. The fourth-order valence-corrected chi connectivity index (χ4v) is 4.99. The van der Waals surface area contributed by atoms with E-state index in [1.54, 1.807) is 41.3 Å². The zero-order chi connectivity index (χ0) is 19.4. The van der Waals surface area contributed by atoms with Crippen molar-refractivity contribution in [1.82, 2.24) is 4.90 Å². The Morgan fingerprint density at radius 1 is 1.07 bits per heavy atom. The monoisotopic (exact) mass is 391 g/mol. The zero-order valence-electron chi connectivity index (χ0n) is 15.1. The van der Waals surface area contributed by atoms with Crippen molar-refractivity contribution < 1.29 is 22.3 Å². The highest BCUT2D eigenvalue weighted by Crippen LogP contribution is 2.26. The average Bonchev–Trinajstić information content (AvgIpc) is 2.70. The maximum Gasteiger partial charge on any atom is 0.226 e. The Bertz CT molecular complexity index is 887. The molecule has 2 aromatic carbocycles. The molecular formula is C20H22FNO4S. The van der Waals surface area contributed by atoms with Gasteiger partial charge in [0.05, 0.1) is 23.7 Å². The van der Waals surface area contributed by atoms with Crippen molar-refractivity contribution in [2.24, 2.45) is 0 Å². The molecule has 0 N–H and O–H groups in total. The molecule has 0 unspecified atom stereocenters. The van der Waals surface area contributed by atoms with E-state index in [1.807, 2.05) is 0 Å². The molecule has 0 bridgehead atoms. The summed E-state index contributed by atoms with van der Waals surface area (Å²) in [6.45, 7) is 0.806. The van der Waals surface area contributed by atoms with Crippen LogP contribution in [0.4, 0.5) is 4.39 Å². The summed E-state index contributed by atoms with van der Waals surface area (Å²) in [5.41, 5.74) is 0.745. The maximum atomic E-state index is 13.0. The fraction of sp³-hybridized carbons (Fsp3) is 0.350. The molecule has 1 heterocycles. The van der Waals surface area contributed by atoms with Crippen molar-refractivity contribution >= 4 is 15.7 Å². The minimum Gasteiger partial charge on any atom is -0.497 e. The molecule has 0 aromatic heterocycles. The minimum absolute atomic E-state index is 0.0677. The summed E-state index contributed by atoms with van der Waals surface area (Å²) in [5.74, 6) is 0.202. The Balaban J connectivity index is 1.60. The first-order chi connectivity index (χ1) is 12.9. The number of ether oxygens (including phenoxy) is 1. The molecule has 1 aliphatic heterocycles. The molecule has 27 heavy (non-hydrogen) atoms. The van der Waals surface area contributed by atoms with Gasteiger partial charge in [0.25, 0.3) is 0 Å². The van der Waals surface area contributed by atoms with Gasteiger partial charge in [0, 0.05) is 13.1 Å². The number of likely N-dealkylation sites (tertiary alicyclic amines) is 1. The number of carbonyl (C=O) groups excluding carboxylic acids is 1. The first-order valence-electron chi connectivity index (χ1n) is 8.80. The van der Waals surface area contributed by atoms with Gasteiger partial charge >= 0.3 is 0 Å². The molecule has 0 atom stereocenters. The summed E-state index contributed by atoms with van der Waals surface area (Å²) in [6.07, 6.45) is 1.00. The molecule has 5 nitrogen and oxygen atoms in total. The summed E-state index contributed by atoms with van der Waals surface area (Å²) >= 11 is 0. The Morgan fingerprint density at radius 3 is 2.22 bits per heavy atom. The minimum atomic E-state index is -3.43. The molecule has 0 spiro atoms. The van der Waals surface area contributed by atoms with E-state index >= 15 is 0 Å².